The maximum Gasteiger partial charge on any atom is 0.213 e. The van der Waals surface area contributed by atoms with Crippen LogP contribution in [0, 0.1) is 0 Å². The average molecular weight is 252 g/mol. The first-order valence-corrected chi connectivity index (χ1v) is 7.44. The summed E-state index contributed by atoms with van der Waals surface area (Å²) < 4.78 is 5.55. The molecule has 1 aromatic rings. The van der Waals surface area contributed by atoms with E-state index in [9.17, 15) is 0 Å². The van der Waals surface area contributed by atoms with E-state index in [0.29, 0.717) is 0 Å². The first-order valence-electron chi connectivity index (χ1n) is 6.29. The molecule has 2 heterocycles. The smallest absolute Gasteiger partial charge is 0.213 e. The Hall–Kier alpha value is -0.740. The molecule has 0 aliphatic carbocycles. The number of aromatic nitrogens is 1. The van der Waals surface area contributed by atoms with Gasteiger partial charge in [0.05, 0.1) is 6.61 Å². The summed E-state index contributed by atoms with van der Waals surface area (Å²) in [6.07, 6.45) is 5.41. The molecule has 94 valence electrons. The zero-order chi connectivity index (χ0) is 11.8. The second-order valence-electron chi connectivity index (χ2n) is 4.23. The highest BCUT2D eigenvalue weighted by molar-refractivity contribution is 7.99. The minimum atomic E-state index is 0.739. The molecular weight excluding hydrogens is 232 g/mol. The zero-order valence-corrected chi connectivity index (χ0v) is 11.0. The van der Waals surface area contributed by atoms with Gasteiger partial charge in [0.1, 0.15) is 0 Å². The Morgan fingerprint density at radius 3 is 3.06 bits per heavy atom. The van der Waals surface area contributed by atoms with Crippen LogP contribution in [0.15, 0.2) is 24.4 Å². The summed E-state index contributed by atoms with van der Waals surface area (Å²) in [6.45, 7) is 3.30. The molecule has 1 aliphatic rings. The number of hydrogen-bond donors (Lipinski definition) is 0. The molecule has 0 aromatic carbocycles. The van der Waals surface area contributed by atoms with Crippen molar-refractivity contribution in [1.82, 2.24) is 9.88 Å². The van der Waals surface area contributed by atoms with Crippen LogP contribution in [0.3, 0.4) is 0 Å². The number of pyridine rings is 1. The first-order chi connectivity index (χ1) is 8.45. The predicted molar refractivity (Wildman–Crippen MR) is 72.5 cm³/mol. The van der Waals surface area contributed by atoms with Crippen LogP contribution in [0.5, 0.6) is 5.88 Å². The summed E-state index contributed by atoms with van der Waals surface area (Å²) in [5.74, 6) is 3.27. The summed E-state index contributed by atoms with van der Waals surface area (Å²) in [6, 6.07) is 5.76. The van der Waals surface area contributed by atoms with Gasteiger partial charge in [-0.15, -0.1) is 11.8 Å². The predicted octanol–water partition coefficient (Wildman–Crippen LogP) is 2.64. The fourth-order valence-electron chi connectivity index (χ4n) is 1.85. The Morgan fingerprint density at radius 1 is 1.29 bits per heavy atom. The lowest BCUT2D eigenvalue weighted by molar-refractivity contribution is 0.285. The summed E-state index contributed by atoms with van der Waals surface area (Å²) in [5, 5.41) is 0. The molecule has 0 spiro atoms. The average Bonchev–Trinajstić information content (AvgIpc) is 2.88. The third-order valence-corrected chi connectivity index (χ3v) is 3.85. The maximum absolute atomic E-state index is 5.55. The van der Waals surface area contributed by atoms with E-state index >= 15 is 0 Å². The van der Waals surface area contributed by atoms with E-state index in [1.54, 1.807) is 6.20 Å². The molecule has 0 bridgehead atoms. The molecule has 2 rings (SSSR count). The molecule has 17 heavy (non-hydrogen) atoms. The number of rotatable bonds is 7. The minimum absolute atomic E-state index is 0.739. The van der Waals surface area contributed by atoms with Gasteiger partial charge in [-0.2, -0.15) is 0 Å². The number of nitrogens with zero attached hydrogens (tertiary/aromatic N) is 2. The highest BCUT2D eigenvalue weighted by Crippen LogP contribution is 2.14. The maximum atomic E-state index is 5.55. The van der Waals surface area contributed by atoms with Crippen molar-refractivity contribution in [3.63, 3.8) is 0 Å². The van der Waals surface area contributed by atoms with Crippen LogP contribution >= 0.6 is 11.8 Å². The van der Waals surface area contributed by atoms with Gasteiger partial charge in [-0.25, -0.2) is 4.98 Å². The zero-order valence-electron chi connectivity index (χ0n) is 10.2. The van der Waals surface area contributed by atoms with Crippen LogP contribution in [0.2, 0.25) is 0 Å². The van der Waals surface area contributed by atoms with E-state index in [1.165, 1.54) is 37.6 Å². The van der Waals surface area contributed by atoms with Crippen molar-refractivity contribution in [2.24, 2.45) is 0 Å². The van der Waals surface area contributed by atoms with E-state index in [1.807, 2.05) is 30.0 Å². The summed E-state index contributed by atoms with van der Waals surface area (Å²) in [4.78, 5) is 6.66. The Kier molecular flexibility index (Phi) is 5.65. The number of hydrogen-bond acceptors (Lipinski definition) is 4. The number of ether oxygens (including phenoxy) is 1. The summed E-state index contributed by atoms with van der Waals surface area (Å²) in [7, 11) is 0. The van der Waals surface area contributed by atoms with Crippen LogP contribution in [-0.4, -0.2) is 41.2 Å². The van der Waals surface area contributed by atoms with Gasteiger partial charge in [0.15, 0.2) is 0 Å². The van der Waals surface area contributed by atoms with Gasteiger partial charge in [-0.1, -0.05) is 6.07 Å². The lowest BCUT2D eigenvalue weighted by atomic mass is 10.2. The Balaban J connectivity index is 1.46. The Bertz CT molecular complexity index is 302. The summed E-state index contributed by atoms with van der Waals surface area (Å²) >= 11 is 2.04. The van der Waals surface area contributed by atoms with Gasteiger partial charge < -0.3 is 4.74 Å². The van der Waals surface area contributed by atoms with E-state index in [4.69, 9.17) is 4.74 Å². The van der Waals surface area contributed by atoms with Crippen LogP contribution < -0.4 is 4.74 Å². The Labute approximate surface area is 108 Å². The SMILES string of the molecule is c1ccc(OCCCCCN2CCSC2)nc1. The number of thioether (sulfide) groups is 1. The molecule has 4 heteroatoms. The summed E-state index contributed by atoms with van der Waals surface area (Å²) in [5.41, 5.74) is 0. The normalized spacial score (nSPS) is 16.2. The molecule has 0 unspecified atom stereocenters. The lowest BCUT2D eigenvalue weighted by Gasteiger charge is -2.12. The lowest BCUT2D eigenvalue weighted by Crippen LogP contribution is -2.20. The minimum Gasteiger partial charge on any atom is -0.478 e. The van der Waals surface area contributed by atoms with Crippen LogP contribution in [0.25, 0.3) is 0 Å². The molecule has 1 saturated heterocycles. The quantitative estimate of drug-likeness (QED) is 0.697. The molecule has 0 atom stereocenters. The second kappa shape index (κ2) is 7.56. The molecule has 0 amide bonds. The van der Waals surface area contributed by atoms with Crippen molar-refractivity contribution in [3.05, 3.63) is 24.4 Å². The third kappa shape index (κ3) is 4.96. The fraction of sp³-hybridized carbons (Fsp3) is 0.615. The van der Waals surface area contributed by atoms with Crippen molar-refractivity contribution in [2.45, 2.75) is 19.3 Å². The van der Waals surface area contributed by atoms with E-state index in [-0.39, 0.29) is 0 Å². The van der Waals surface area contributed by atoms with Crippen molar-refractivity contribution >= 4 is 11.8 Å². The van der Waals surface area contributed by atoms with Crippen molar-refractivity contribution in [2.75, 3.05) is 31.3 Å². The van der Waals surface area contributed by atoms with Crippen LogP contribution in [-0.2, 0) is 0 Å². The fourth-order valence-corrected chi connectivity index (χ4v) is 2.88. The topological polar surface area (TPSA) is 25.4 Å². The molecule has 1 fully saturated rings. The van der Waals surface area contributed by atoms with Gasteiger partial charge in [0, 0.05) is 30.4 Å². The Morgan fingerprint density at radius 2 is 2.29 bits per heavy atom. The molecule has 3 nitrogen and oxygen atoms in total. The standard InChI is InChI=1S/C13H20N2OS/c1(4-8-15-9-11-17-12-15)5-10-16-13-6-2-3-7-14-13/h2-3,6-7H,1,4-5,8-12H2. The molecular formula is C13H20N2OS. The third-order valence-electron chi connectivity index (χ3n) is 2.83. The monoisotopic (exact) mass is 252 g/mol. The van der Waals surface area contributed by atoms with E-state index in [0.717, 1.165) is 18.9 Å². The van der Waals surface area contributed by atoms with Crippen LogP contribution in [0.4, 0.5) is 0 Å². The van der Waals surface area contributed by atoms with E-state index in [2.05, 4.69) is 9.88 Å². The highest BCUT2D eigenvalue weighted by Gasteiger charge is 2.10. The molecule has 0 radical (unpaired) electrons. The largest absolute Gasteiger partial charge is 0.478 e. The van der Waals surface area contributed by atoms with Gasteiger partial charge in [-0.3, -0.25) is 4.90 Å². The second-order valence-corrected chi connectivity index (χ2v) is 5.31. The van der Waals surface area contributed by atoms with Crippen LogP contribution in [0.1, 0.15) is 19.3 Å². The van der Waals surface area contributed by atoms with Gasteiger partial charge in [0.25, 0.3) is 0 Å². The van der Waals surface area contributed by atoms with Crippen molar-refractivity contribution < 1.29 is 4.74 Å². The van der Waals surface area contributed by atoms with Crippen molar-refractivity contribution in [1.29, 1.82) is 0 Å². The first kappa shape index (κ1) is 12.7. The molecule has 0 saturated carbocycles. The van der Waals surface area contributed by atoms with Gasteiger partial charge in [0.2, 0.25) is 5.88 Å². The molecule has 0 N–H and O–H groups in total. The van der Waals surface area contributed by atoms with Crippen molar-refractivity contribution in [3.8, 4) is 5.88 Å². The van der Waals surface area contributed by atoms with Gasteiger partial charge >= 0.3 is 0 Å². The highest BCUT2D eigenvalue weighted by atomic mass is 32.2. The number of unbranched alkanes of at least 4 members (excludes halogenated alkanes) is 2. The molecule has 1 aromatic heterocycles. The van der Waals surface area contributed by atoms with Gasteiger partial charge in [-0.05, 0) is 31.9 Å². The molecule has 1 aliphatic heterocycles. The van der Waals surface area contributed by atoms with E-state index < -0.39 is 0 Å².